The van der Waals surface area contributed by atoms with Crippen LogP contribution in [0.15, 0.2) is 40.7 Å². The molecule has 1 aromatic heterocycles. The Kier molecular flexibility index (Phi) is 6.13. The Labute approximate surface area is 166 Å². The predicted molar refractivity (Wildman–Crippen MR) is 109 cm³/mol. The Bertz CT molecular complexity index is 756. The predicted octanol–water partition coefficient (Wildman–Crippen LogP) is 3.33. The first-order chi connectivity index (χ1) is 12.8. The molecule has 1 aromatic carbocycles. The molecule has 0 bridgehead atoms. The molecule has 9 heteroatoms. The zero-order chi connectivity index (χ0) is 19.4. The minimum atomic E-state index is -1.37. The van der Waals surface area contributed by atoms with E-state index in [4.69, 9.17) is 4.74 Å². The molecule has 0 radical (unpaired) electrons. The van der Waals surface area contributed by atoms with E-state index in [1.54, 1.807) is 11.1 Å². The van der Waals surface area contributed by atoms with E-state index in [-0.39, 0.29) is 6.09 Å². The first kappa shape index (κ1) is 19.8. The lowest BCUT2D eigenvalue weighted by molar-refractivity contribution is 0.0240. The number of amides is 1. The van der Waals surface area contributed by atoms with Crippen LogP contribution in [0.4, 0.5) is 15.6 Å². The van der Waals surface area contributed by atoms with Gasteiger partial charge in [-0.05, 0) is 32.9 Å². The van der Waals surface area contributed by atoms with Crippen molar-refractivity contribution in [1.82, 2.24) is 9.88 Å². The third-order valence-electron chi connectivity index (χ3n) is 3.94. The Balaban J connectivity index is 1.59. The van der Waals surface area contributed by atoms with Crippen molar-refractivity contribution >= 4 is 39.6 Å². The summed E-state index contributed by atoms with van der Waals surface area (Å²) in [5.41, 5.74) is 0.502. The SMILES string of the molecule is CC(C)(C)OC(=O)N1CCN(c2cccc([S+]([O-])Nc3nccs3)c2)CC1. The highest BCUT2D eigenvalue weighted by Gasteiger charge is 2.26. The molecule has 0 aliphatic carbocycles. The molecule has 3 rings (SSSR count). The maximum atomic E-state index is 12.5. The molecular formula is C18H24N4O3S2. The van der Waals surface area contributed by atoms with Crippen LogP contribution in [0.5, 0.6) is 0 Å². The van der Waals surface area contributed by atoms with Crippen LogP contribution >= 0.6 is 11.3 Å². The van der Waals surface area contributed by atoms with E-state index in [0.717, 1.165) is 5.69 Å². The van der Waals surface area contributed by atoms with Gasteiger partial charge in [0.1, 0.15) is 17.0 Å². The fraction of sp³-hybridized carbons (Fsp3) is 0.444. The van der Waals surface area contributed by atoms with Crippen LogP contribution in [-0.4, -0.2) is 52.3 Å². The quantitative estimate of drug-likeness (QED) is 0.782. The number of aromatic nitrogens is 1. The topological polar surface area (TPSA) is 80.8 Å². The Morgan fingerprint density at radius 1 is 1.30 bits per heavy atom. The third kappa shape index (κ3) is 5.50. The summed E-state index contributed by atoms with van der Waals surface area (Å²) in [6.45, 7) is 8.20. The van der Waals surface area contributed by atoms with Crippen LogP contribution in [0.2, 0.25) is 0 Å². The average molecular weight is 409 g/mol. The minimum absolute atomic E-state index is 0.273. The van der Waals surface area contributed by atoms with Crippen LogP contribution in [0.1, 0.15) is 20.8 Å². The number of ether oxygens (including phenoxy) is 1. The van der Waals surface area contributed by atoms with E-state index in [9.17, 15) is 9.35 Å². The fourth-order valence-corrected chi connectivity index (χ4v) is 4.23. The van der Waals surface area contributed by atoms with Crippen LogP contribution in [-0.2, 0) is 16.1 Å². The fourth-order valence-electron chi connectivity index (χ4n) is 2.68. The number of anilines is 2. The molecule has 1 unspecified atom stereocenters. The number of thiazole rings is 1. The zero-order valence-corrected chi connectivity index (χ0v) is 17.3. The van der Waals surface area contributed by atoms with Crippen molar-refractivity contribution in [3.8, 4) is 0 Å². The van der Waals surface area contributed by atoms with Gasteiger partial charge in [0.05, 0.1) is 0 Å². The van der Waals surface area contributed by atoms with Crippen molar-refractivity contribution < 1.29 is 14.1 Å². The zero-order valence-electron chi connectivity index (χ0n) is 15.7. The van der Waals surface area contributed by atoms with Crippen LogP contribution in [0.3, 0.4) is 0 Å². The highest BCUT2D eigenvalue weighted by molar-refractivity contribution is 7.93. The smallest absolute Gasteiger partial charge is 0.410 e. The molecule has 146 valence electrons. The van der Waals surface area contributed by atoms with Gasteiger partial charge < -0.3 is 19.1 Å². The Morgan fingerprint density at radius 2 is 2.04 bits per heavy atom. The second-order valence-corrected chi connectivity index (χ2v) is 9.27. The molecule has 2 heterocycles. The summed E-state index contributed by atoms with van der Waals surface area (Å²) in [4.78, 5) is 20.9. The summed E-state index contributed by atoms with van der Waals surface area (Å²) in [5, 5.41) is 2.46. The lowest BCUT2D eigenvalue weighted by Crippen LogP contribution is -2.50. The van der Waals surface area contributed by atoms with Gasteiger partial charge in [-0.3, -0.25) is 0 Å². The molecule has 2 aromatic rings. The number of carbonyl (C=O) groups excluding carboxylic acids is 1. The monoisotopic (exact) mass is 408 g/mol. The van der Waals surface area contributed by atoms with Crippen LogP contribution in [0.25, 0.3) is 0 Å². The summed E-state index contributed by atoms with van der Waals surface area (Å²) in [7, 11) is 0. The lowest BCUT2D eigenvalue weighted by atomic mass is 10.2. The maximum absolute atomic E-state index is 12.5. The van der Waals surface area contributed by atoms with Gasteiger partial charge in [0, 0.05) is 49.5 Å². The molecule has 1 aliphatic heterocycles. The number of nitrogens with one attached hydrogen (secondary N) is 1. The molecule has 27 heavy (non-hydrogen) atoms. The van der Waals surface area contributed by atoms with E-state index < -0.39 is 17.0 Å². The van der Waals surface area contributed by atoms with Gasteiger partial charge in [-0.25, -0.2) is 9.78 Å². The average Bonchev–Trinajstić information content (AvgIpc) is 3.13. The summed E-state index contributed by atoms with van der Waals surface area (Å²) < 4.78 is 20.8. The van der Waals surface area contributed by atoms with Gasteiger partial charge in [0.2, 0.25) is 5.13 Å². The number of piperazine rings is 1. The van der Waals surface area contributed by atoms with Gasteiger partial charge in [-0.1, -0.05) is 6.07 Å². The normalized spacial score (nSPS) is 16.1. The number of hydrogen-bond donors (Lipinski definition) is 1. The largest absolute Gasteiger partial charge is 0.588 e. The number of rotatable bonds is 4. The standard InChI is InChI=1S/C18H24N4O3S2/c1-18(2,3)25-17(23)22-10-8-21(9-11-22)14-5-4-6-15(13-14)27(24)20-16-19-7-12-26-16/h4-7,12-13H,8-11H2,1-3H3,(H,19,20). The molecule has 7 nitrogen and oxygen atoms in total. The second-order valence-electron chi connectivity index (χ2n) is 7.16. The first-order valence-electron chi connectivity index (χ1n) is 8.73. The van der Waals surface area contributed by atoms with Crippen molar-refractivity contribution in [3.63, 3.8) is 0 Å². The first-order valence-corrected chi connectivity index (χ1v) is 10.8. The molecule has 0 spiro atoms. The molecular weight excluding hydrogens is 384 g/mol. The summed E-state index contributed by atoms with van der Waals surface area (Å²) in [6, 6.07) is 7.64. The van der Waals surface area contributed by atoms with E-state index >= 15 is 0 Å². The summed E-state index contributed by atoms with van der Waals surface area (Å²) in [5.74, 6) is 0. The van der Waals surface area contributed by atoms with Gasteiger partial charge in [0.15, 0.2) is 4.90 Å². The highest BCUT2D eigenvalue weighted by atomic mass is 32.2. The van der Waals surface area contributed by atoms with Gasteiger partial charge in [-0.2, -0.15) is 4.72 Å². The number of carbonyl (C=O) groups is 1. The number of nitrogens with zero attached hydrogens (tertiary/aromatic N) is 3. The number of hydrogen-bond acceptors (Lipinski definition) is 7. The van der Waals surface area contributed by atoms with Gasteiger partial charge >= 0.3 is 6.09 Å². The Hall–Kier alpha value is -1.97. The van der Waals surface area contributed by atoms with Crippen molar-refractivity contribution in [2.24, 2.45) is 0 Å². The van der Waals surface area contributed by atoms with E-state index in [1.807, 2.05) is 50.4 Å². The van der Waals surface area contributed by atoms with Gasteiger partial charge in [-0.15, -0.1) is 11.3 Å². The van der Waals surface area contributed by atoms with Crippen molar-refractivity contribution in [1.29, 1.82) is 0 Å². The third-order valence-corrected chi connectivity index (χ3v) is 5.82. The van der Waals surface area contributed by atoms with Crippen molar-refractivity contribution in [3.05, 3.63) is 35.8 Å². The van der Waals surface area contributed by atoms with E-state index in [2.05, 4.69) is 14.6 Å². The molecule has 1 fully saturated rings. The van der Waals surface area contributed by atoms with E-state index in [1.165, 1.54) is 11.3 Å². The Morgan fingerprint density at radius 3 is 2.67 bits per heavy atom. The maximum Gasteiger partial charge on any atom is 0.410 e. The van der Waals surface area contributed by atoms with Gasteiger partial charge in [0.25, 0.3) is 0 Å². The molecule has 1 atom stereocenters. The molecule has 1 aliphatic rings. The molecule has 1 saturated heterocycles. The molecule has 1 N–H and O–H groups in total. The van der Waals surface area contributed by atoms with Crippen LogP contribution in [0, 0.1) is 0 Å². The molecule has 1 amide bonds. The van der Waals surface area contributed by atoms with Crippen molar-refractivity contribution in [2.45, 2.75) is 31.3 Å². The number of benzene rings is 1. The summed E-state index contributed by atoms with van der Waals surface area (Å²) in [6.07, 6.45) is 1.40. The molecule has 0 saturated carbocycles. The van der Waals surface area contributed by atoms with Crippen molar-refractivity contribution in [2.75, 3.05) is 35.8 Å². The van der Waals surface area contributed by atoms with Crippen LogP contribution < -0.4 is 9.62 Å². The minimum Gasteiger partial charge on any atom is -0.588 e. The summed E-state index contributed by atoms with van der Waals surface area (Å²) >= 11 is 0.0433. The van der Waals surface area contributed by atoms with E-state index in [0.29, 0.717) is 36.2 Å². The lowest BCUT2D eigenvalue weighted by Gasteiger charge is -2.36. The second kappa shape index (κ2) is 8.37. The highest BCUT2D eigenvalue weighted by Crippen LogP contribution is 2.24.